The van der Waals surface area contributed by atoms with Crippen LogP contribution in [-0.4, -0.2) is 49.7 Å². The average Bonchev–Trinajstić information content (AvgIpc) is 2.44. The Kier molecular flexibility index (Phi) is 6.06. The molecule has 0 aromatic rings. The van der Waals surface area contributed by atoms with Gasteiger partial charge in [0.2, 0.25) is 0 Å². The van der Waals surface area contributed by atoms with Crippen LogP contribution in [0.4, 0.5) is 0 Å². The first-order chi connectivity index (χ1) is 9.93. The van der Waals surface area contributed by atoms with Gasteiger partial charge in [-0.1, -0.05) is 33.6 Å². The minimum Gasteiger partial charge on any atom is -0.389 e. The molecule has 0 radical (unpaired) electrons. The molecule has 0 amide bonds. The van der Waals surface area contributed by atoms with Gasteiger partial charge in [0.05, 0.1) is 24.9 Å². The monoisotopic (exact) mass is 299 g/mol. The summed E-state index contributed by atoms with van der Waals surface area (Å²) < 4.78 is 11.3. The first kappa shape index (κ1) is 17.2. The Bertz CT molecular complexity index is 321. The van der Waals surface area contributed by atoms with Gasteiger partial charge in [-0.3, -0.25) is 0 Å². The maximum Gasteiger partial charge on any atom is 0.0897 e. The molecule has 2 aliphatic carbocycles. The van der Waals surface area contributed by atoms with Crippen LogP contribution >= 0.6 is 0 Å². The van der Waals surface area contributed by atoms with Gasteiger partial charge in [0.25, 0.3) is 0 Å². The van der Waals surface area contributed by atoms with Gasteiger partial charge in [-0.25, -0.2) is 0 Å². The Morgan fingerprint density at radius 1 is 1.29 bits per heavy atom. The fourth-order valence-electron chi connectivity index (χ4n) is 3.75. The predicted octanol–water partition coefficient (Wildman–Crippen LogP) is 2.35. The number of rotatable bonds is 7. The fourth-order valence-corrected chi connectivity index (χ4v) is 3.75. The molecule has 0 aromatic heterocycles. The zero-order valence-electron chi connectivity index (χ0n) is 14.1. The predicted molar refractivity (Wildman–Crippen MR) is 84.4 cm³/mol. The van der Waals surface area contributed by atoms with Crippen molar-refractivity contribution in [3.8, 4) is 0 Å². The summed E-state index contributed by atoms with van der Waals surface area (Å²) in [6, 6.07) is 0.423. The number of aliphatic hydroxyl groups excluding tert-OH is 1. The summed E-state index contributed by atoms with van der Waals surface area (Å²) >= 11 is 0. The van der Waals surface area contributed by atoms with E-state index in [2.05, 4.69) is 26.1 Å². The molecule has 5 unspecified atom stereocenters. The van der Waals surface area contributed by atoms with Gasteiger partial charge in [0, 0.05) is 25.1 Å². The molecule has 2 N–H and O–H groups in total. The normalized spacial score (nSPS) is 37.0. The summed E-state index contributed by atoms with van der Waals surface area (Å²) in [5.74, 6) is 0.765. The number of hydrogen-bond acceptors (Lipinski definition) is 4. The summed E-state index contributed by atoms with van der Waals surface area (Å²) in [6.07, 6.45) is 6.15. The molecular formula is C17H33NO3. The Balaban J connectivity index is 1.61. The van der Waals surface area contributed by atoms with E-state index >= 15 is 0 Å². The number of hydrogen-bond donors (Lipinski definition) is 2. The van der Waals surface area contributed by atoms with E-state index in [1.165, 1.54) is 12.8 Å². The van der Waals surface area contributed by atoms with Gasteiger partial charge >= 0.3 is 0 Å². The van der Waals surface area contributed by atoms with Crippen molar-refractivity contribution in [2.75, 3.05) is 20.3 Å². The third-order valence-electron chi connectivity index (χ3n) is 5.47. The van der Waals surface area contributed by atoms with E-state index < -0.39 is 6.10 Å². The summed E-state index contributed by atoms with van der Waals surface area (Å²) in [6.45, 7) is 7.78. The van der Waals surface area contributed by atoms with Crippen LogP contribution in [0, 0.1) is 11.3 Å². The van der Waals surface area contributed by atoms with Gasteiger partial charge < -0.3 is 19.9 Å². The molecule has 2 fully saturated rings. The van der Waals surface area contributed by atoms with E-state index in [0.717, 1.165) is 25.2 Å². The van der Waals surface area contributed by atoms with Crippen LogP contribution in [-0.2, 0) is 9.47 Å². The van der Waals surface area contributed by atoms with Crippen LogP contribution in [0.1, 0.15) is 52.9 Å². The molecule has 0 saturated heterocycles. The van der Waals surface area contributed by atoms with E-state index in [1.54, 1.807) is 7.11 Å². The quantitative estimate of drug-likeness (QED) is 0.757. The van der Waals surface area contributed by atoms with Crippen LogP contribution in [0.15, 0.2) is 0 Å². The molecule has 21 heavy (non-hydrogen) atoms. The van der Waals surface area contributed by atoms with Crippen molar-refractivity contribution in [3.05, 3.63) is 0 Å². The van der Waals surface area contributed by atoms with Gasteiger partial charge in [0.1, 0.15) is 0 Å². The maximum absolute atomic E-state index is 10.1. The molecule has 5 atom stereocenters. The Hall–Kier alpha value is -0.160. The largest absolute Gasteiger partial charge is 0.389 e. The van der Waals surface area contributed by atoms with Crippen molar-refractivity contribution >= 4 is 0 Å². The second-order valence-electron chi connectivity index (χ2n) is 7.62. The Morgan fingerprint density at radius 2 is 2.05 bits per heavy atom. The Labute approximate surface area is 129 Å². The number of methoxy groups -OCH3 is 1. The highest BCUT2D eigenvalue weighted by molar-refractivity contribution is 5.02. The first-order valence-corrected chi connectivity index (χ1v) is 8.49. The fraction of sp³-hybridized carbons (Fsp3) is 1.00. The molecule has 0 aromatic carbocycles. The number of aliphatic hydroxyl groups is 1. The van der Waals surface area contributed by atoms with E-state index in [1.807, 2.05) is 0 Å². The third kappa shape index (κ3) is 4.41. The molecule has 4 nitrogen and oxygen atoms in total. The molecule has 0 spiro atoms. The highest BCUT2D eigenvalue weighted by Crippen LogP contribution is 2.42. The summed E-state index contributed by atoms with van der Waals surface area (Å²) in [4.78, 5) is 0. The lowest BCUT2D eigenvalue weighted by molar-refractivity contribution is -0.101. The molecule has 0 bridgehead atoms. The van der Waals surface area contributed by atoms with Crippen LogP contribution in [0.25, 0.3) is 0 Å². The van der Waals surface area contributed by atoms with E-state index in [4.69, 9.17) is 9.47 Å². The molecule has 2 aliphatic rings. The molecule has 124 valence electrons. The standard InChI is InChI=1S/C17H33NO3/c1-12-6-5-7-14(8-12)21-11-13(19)10-18-15-9-16(20-4)17(15,2)3/h12-16,18-19H,5-11H2,1-4H3. The molecule has 0 aliphatic heterocycles. The van der Waals surface area contributed by atoms with Crippen LogP contribution in [0.3, 0.4) is 0 Å². The van der Waals surface area contributed by atoms with E-state index in [0.29, 0.717) is 31.4 Å². The first-order valence-electron chi connectivity index (χ1n) is 8.49. The highest BCUT2D eigenvalue weighted by Gasteiger charge is 2.48. The maximum atomic E-state index is 10.1. The number of ether oxygens (including phenoxy) is 2. The van der Waals surface area contributed by atoms with Crippen molar-refractivity contribution in [1.82, 2.24) is 5.32 Å². The van der Waals surface area contributed by atoms with Gasteiger partial charge in [-0.2, -0.15) is 0 Å². The highest BCUT2D eigenvalue weighted by atomic mass is 16.5. The second-order valence-corrected chi connectivity index (χ2v) is 7.62. The topological polar surface area (TPSA) is 50.7 Å². The lowest BCUT2D eigenvalue weighted by Gasteiger charge is -2.51. The van der Waals surface area contributed by atoms with Gasteiger partial charge in [0.15, 0.2) is 0 Å². The molecule has 2 rings (SSSR count). The average molecular weight is 299 g/mol. The Morgan fingerprint density at radius 3 is 2.67 bits per heavy atom. The van der Waals surface area contributed by atoms with Crippen molar-refractivity contribution in [3.63, 3.8) is 0 Å². The van der Waals surface area contributed by atoms with Crippen molar-refractivity contribution in [1.29, 1.82) is 0 Å². The van der Waals surface area contributed by atoms with Crippen molar-refractivity contribution in [2.45, 2.75) is 77.2 Å². The molecule has 2 saturated carbocycles. The smallest absolute Gasteiger partial charge is 0.0897 e. The summed E-state index contributed by atoms with van der Waals surface area (Å²) in [5, 5.41) is 13.5. The zero-order valence-corrected chi connectivity index (χ0v) is 14.1. The second kappa shape index (κ2) is 7.40. The van der Waals surface area contributed by atoms with Crippen molar-refractivity contribution < 1.29 is 14.6 Å². The minimum absolute atomic E-state index is 0.147. The van der Waals surface area contributed by atoms with Gasteiger partial charge in [-0.05, 0) is 25.2 Å². The lowest BCUT2D eigenvalue weighted by atomic mass is 9.64. The molecular weight excluding hydrogens is 266 g/mol. The van der Waals surface area contributed by atoms with Crippen LogP contribution < -0.4 is 5.32 Å². The van der Waals surface area contributed by atoms with E-state index in [-0.39, 0.29) is 5.41 Å². The van der Waals surface area contributed by atoms with Crippen molar-refractivity contribution in [2.24, 2.45) is 11.3 Å². The molecule has 0 heterocycles. The van der Waals surface area contributed by atoms with Crippen LogP contribution in [0.5, 0.6) is 0 Å². The van der Waals surface area contributed by atoms with Gasteiger partial charge in [-0.15, -0.1) is 0 Å². The summed E-state index contributed by atoms with van der Waals surface area (Å²) in [5.41, 5.74) is 0.147. The summed E-state index contributed by atoms with van der Waals surface area (Å²) in [7, 11) is 1.77. The van der Waals surface area contributed by atoms with E-state index in [9.17, 15) is 5.11 Å². The minimum atomic E-state index is -0.417. The third-order valence-corrected chi connectivity index (χ3v) is 5.47. The lowest BCUT2D eigenvalue weighted by Crippen LogP contribution is -2.61. The molecule has 4 heteroatoms. The zero-order chi connectivity index (χ0) is 15.5. The number of nitrogens with one attached hydrogen (secondary N) is 1. The SMILES string of the molecule is COC1CC(NCC(O)COC2CCCC(C)C2)C1(C)C. The van der Waals surface area contributed by atoms with Crippen LogP contribution in [0.2, 0.25) is 0 Å².